The fraction of sp³-hybridized carbons (Fsp3) is 0.711. The monoisotopic (exact) mass is 732 g/mol. The van der Waals surface area contributed by atoms with Crippen molar-refractivity contribution in [3.8, 4) is 0 Å². The Hall–Kier alpha value is -3.16. The molecule has 1 aromatic carbocycles. The van der Waals surface area contributed by atoms with Gasteiger partial charge in [-0.1, -0.05) is 59.6 Å². The lowest BCUT2D eigenvalue weighted by Gasteiger charge is -2.72. The molecule has 8 heteroatoms. The van der Waals surface area contributed by atoms with E-state index in [1.165, 1.54) is 12.1 Å². The summed E-state index contributed by atoms with van der Waals surface area (Å²) in [6, 6.07) is 5.92. The van der Waals surface area contributed by atoms with Gasteiger partial charge in [0, 0.05) is 35.3 Å². The van der Waals surface area contributed by atoms with Gasteiger partial charge in [0.2, 0.25) is 5.91 Å². The SMILES string of the molecule is CN/C(=C\C(=O)Nc1ccc(F)cc1)[C@]12CCC(C(C)C)=C1[C@H]1CCC3[C@@]4(C)CC[C@H](OC(=O)CC(C)(C)C(=O)O)C(C)(C)C4CC[C@@]3(C)[C@]1(C)CC2. The molecule has 0 aromatic heterocycles. The van der Waals surface area contributed by atoms with E-state index < -0.39 is 17.4 Å². The van der Waals surface area contributed by atoms with E-state index in [9.17, 15) is 23.9 Å². The number of ether oxygens (including phenoxy) is 1. The highest BCUT2D eigenvalue weighted by Crippen LogP contribution is 2.77. The fourth-order valence-electron chi connectivity index (χ4n) is 13.2. The van der Waals surface area contributed by atoms with E-state index in [1.54, 1.807) is 43.2 Å². The van der Waals surface area contributed by atoms with E-state index in [4.69, 9.17) is 4.74 Å². The molecular weight excluding hydrogens is 668 g/mol. The summed E-state index contributed by atoms with van der Waals surface area (Å²) in [5.74, 6) is -0.136. The Balaban J connectivity index is 1.29. The van der Waals surface area contributed by atoms with Gasteiger partial charge >= 0.3 is 11.9 Å². The van der Waals surface area contributed by atoms with Crippen LogP contribution in [-0.2, 0) is 19.1 Å². The second kappa shape index (κ2) is 13.5. The van der Waals surface area contributed by atoms with Gasteiger partial charge in [-0.3, -0.25) is 14.4 Å². The van der Waals surface area contributed by atoms with Crippen LogP contribution in [0.3, 0.4) is 0 Å². The first-order valence-electron chi connectivity index (χ1n) is 20.3. The number of esters is 1. The van der Waals surface area contributed by atoms with E-state index in [1.807, 2.05) is 7.05 Å². The van der Waals surface area contributed by atoms with Crippen molar-refractivity contribution in [2.45, 2.75) is 139 Å². The smallest absolute Gasteiger partial charge is 0.309 e. The van der Waals surface area contributed by atoms with Gasteiger partial charge in [0.1, 0.15) is 11.9 Å². The maximum absolute atomic E-state index is 13.6. The average Bonchev–Trinajstić information content (AvgIpc) is 3.47. The number of hydrogen-bond donors (Lipinski definition) is 3. The number of carbonyl (C=O) groups is 3. The quantitative estimate of drug-likeness (QED) is 0.133. The predicted molar refractivity (Wildman–Crippen MR) is 207 cm³/mol. The van der Waals surface area contributed by atoms with Crippen LogP contribution in [0.25, 0.3) is 0 Å². The van der Waals surface area contributed by atoms with Gasteiger partial charge in [0.05, 0.1) is 11.8 Å². The number of carboxylic acid groups (broad SMARTS) is 1. The van der Waals surface area contributed by atoms with Crippen molar-refractivity contribution in [1.82, 2.24) is 5.32 Å². The molecule has 0 radical (unpaired) electrons. The van der Waals surface area contributed by atoms with Crippen LogP contribution in [-0.4, -0.2) is 36.1 Å². The van der Waals surface area contributed by atoms with Crippen molar-refractivity contribution in [3.63, 3.8) is 0 Å². The van der Waals surface area contributed by atoms with Crippen LogP contribution >= 0.6 is 0 Å². The molecule has 8 atom stereocenters. The Kier molecular flexibility index (Phi) is 10.1. The van der Waals surface area contributed by atoms with E-state index in [2.05, 4.69) is 59.1 Å². The number of hydrogen-bond acceptors (Lipinski definition) is 5. The number of fused-ring (bicyclic) bond motifs is 7. The molecule has 4 saturated carbocycles. The summed E-state index contributed by atoms with van der Waals surface area (Å²) >= 11 is 0. The zero-order chi connectivity index (χ0) is 38.9. The fourth-order valence-corrected chi connectivity index (χ4v) is 13.2. The largest absolute Gasteiger partial charge is 0.481 e. The van der Waals surface area contributed by atoms with Crippen molar-refractivity contribution in [3.05, 3.63) is 53.0 Å². The van der Waals surface area contributed by atoms with Gasteiger partial charge in [-0.15, -0.1) is 0 Å². The van der Waals surface area contributed by atoms with Gasteiger partial charge in [0.25, 0.3) is 0 Å². The van der Waals surface area contributed by atoms with Crippen LogP contribution < -0.4 is 10.6 Å². The lowest BCUT2D eigenvalue weighted by atomic mass is 9.33. The van der Waals surface area contributed by atoms with Gasteiger partial charge in [-0.25, -0.2) is 4.39 Å². The number of carboxylic acids is 1. The van der Waals surface area contributed by atoms with Crippen LogP contribution in [0.1, 0.15) is 133 Å². The molecule has 3 N–H and O–H groups in total. The van der Waals surface area contributed by atoms with Gasteiger partial charge in [-0.2, -0.15) is 0 Å². The zero-order valence-corrected chi connectivity index (χ0v) is 34.0. The third-order valence-electron chi connectivity index (χ3n) is 16.2. The molecule has 0 spiro atoms. The average molecular weight is 733 g/mol. The molecular formula is C45H65FN2O5. The van der Waals surface area contributed by atoms with Crippen molar-refractivity contribution in [2.24, 2.45) is 56.2 Å². The Bertz CT molecular complexity index is 1690. The number of carbonyl (C=O) groups excluding carboxylic acids is 2. The van der Waals surface area contributed by atoms with Crippen LogP contribution in [0, 0.1) is 62.0 Å². The van der Waals surface area contributed by atoms with Crippen molar-refractivity contribution in [2.75, 3.05) is 12.4 Å². The third kappa shape index (κ3) is 6.26. The Morgan fingerprint density at radius 1 is 0.925 bits per heavy atom. The molecule has 0 bridgehead atoms. The second-order valence-corrected chi connectivity index (χ2v) is 19.8. The molecule has 53 heavy (non-hydrogen) atoms. The highest BCUT2D eigenvalue weighted by Gasteiger charge is 2.70. The van der Waals surface area contributed by atoms with E-state index in [-0.39, 0.29) is 51.3 Å². The van der Waals surface area contributed by atoms with Crippen LogP contribution in [0.5, 0.6) is 0 Å². The number of anilines is 1. The predicted octanol–water partition coefficient (Wildman–Crippen LogP) is 10.1. The Morgan fingerprint density at radius 2 is 1.60 bits per heavy atom. The lowest BCUT2D eigenvalue weighted by Crippen LogP contribution is -2.66. The molecule has 0 saturated heterocycles. The summed E-state index contributed by atoms with van der Waals surface area (Å²) in [5.41, 5.74) is 3.48. The molecule has 5 aliphatic rings. The highest BCUT2D eigenvalue weighted by atomic mass is 19.1. The third-order valence-corrected chi connectivity index (χ3v) is 16.2. The van der Waals surface area contributed by atoms with E-state index in [0.717, 1.165) is 69.9 Å². The van der Waals surface area contributed by atoms with Crippen LogP contribution in [0.15, 0.2) is 47.2 Å². The topological polar surface area (TPSA) is 105 Å². The summed E-state index contributed by atoms with van der Waals surface area (Å²) in [4.78, 5) is 38.4. The number of amides is 1. The number of nitrogens with one attached hydrogen (secondary N) is 2. The molecule has 292 valence electrons. The number of benzene rings is 1. The van der Waals surface area contributed by atoms with Gasteiger partial charge in [-0.05, 0) is 142 Å². The standard InChI is InChI=1S/C45H65FN2O5/c1-27(2)30-17-22-45(34(47-10)25-36(49)48-29-13-11-28(46)12-14-29)24-23-43(8)31(38(30)45)15-16-33-42(7)20-19-35(53-37(50)26-40(3,4)39(51)52)41(5,6)32(42)18-21-44(33,43)9/h11-14,25,27,31-33,35,47H,15-24,26H2,1-10H3,(H,48,49)(H,51,52)/b34-25-/t31-,32?,33?,35+,42+,43-,44-,45-/m1/s1. The molecule has 5 aliphatic carbocycles. The first-order valence-corrected chi connectivity index (χ1v) is 20.3. The summed E-state index contributed by atoms with van der Waals surface area (Å²) in [6.45, 7) is 20.2. The summed E-state index contributed by atoms with van der Waals surface area (Å²) in [5, 5.41) is 16.1. The Morgan fingerprint density at radius 3 is 2.23 bits per heavy atom. The van der Waals surface area contributed by atoms with Gasteiger partial charge < -0.3 is 20.5 Å². The Labute approximate surface area is 317 Å². The van der Waals surface area contributed by atoms with E-state index in [0.29, 0.717) is 29.4 Å². The maximum Gasteiger partial charge on any atom is 0.309 e. The van der Waals surface area contributed by atoms with Crippen molar-refractivity contribution < 1.29 is 28.6 Å². The summed E-state index contributed by atoms with van der Waals surface area (Å²) < 4.78 is 19.7. The van der Waals surface area contributed by atoms with Gasteiger partial charge in [0.15, 0.2) is 0 Å². The molecule has 0 heterocycles. The normalized spacial score (nSPS) is 36.5. The first-order chi connectivity index (χ1) is 24.7. The second-order valence-electron chi connectivity index (χ2n) is 19.8. The summed E-state index contributed by atoms with van der Waals surface area (Å²) in [6.07, 6.45) is 11.9. The number of halogens is 1. The molecule has 1 amide bonds. The minimum atomic E-state index is -1.16. The maximum atomic E-state index is 13.6. The number of rotatable bonds is 9. The molecule has 0 aliphatic heterocycles. The molecule has 2 unspecified atom stereocenters. The number of allylic oxidation sites excluding steroid dienone is 2. The molecule has 6 rings (SSSR count). The minimum Gasteiger partial charge on any atom is -0.481 e. The van der Waals surface area contributed by atoms with E-state index >= 15 is 0 Å². The first kappa shape index (κ1) is 39.5. The number of aliphatic carboxylic acids is 1. The van der Waals surface area contributed by atoms with Crippen molar-refractivity contribution >= 4 is 23.5 Å². The minimum absolute atomic E-state index is 0.0955. The lowest BCUT2D eigenvalue weighted by molar-refractivity contribution is -0.233. The van der Waals surface area contributed by atoms with Crippen LogP contribution in [0.4, 0.5) is 10.1 Å². The van der Waals surface area contributed by atoms with Crippen LogP contribution in [0.2, 0.25) is 0 Å². The zero-order valence-electron chi connectivity index (χ0n) is 34.0. The molecule has 4 fully saturated rings. The summed E-state index contributed by atoms with van der Waals surface area (Å²) in [7, 11) is 1.95. The van der Waals surface area contributed by atoms with Crippen molar-refractivity contribution in [1.29, 1.82) is 0 Å². The molecule has 7 nitrogen and oxygen atoms in total. The highest BCUT2D eigenvalue weighted by molar-refractivity contribution is 5.99. The molecule has 1 aromatic rings.